The number of pyridine rings is 2. The summed E-state index contributed by atoms with van der Waals surface area (Å²) in [5, 5.41) is 4.97. The van der Waals surface area contributed by atoms with Crippen molar-refractivity contribution >= 4 is 28.3 Å². The molecule has 2 rings (SSSR count). The molecule has 0 aliphatic carbocycles. The predicted molar refractivity (Wildman–Crippen MR) is 89.5 cm³/mol. The third-order valence-corrected chi connectivity index (χ3v) is 3.66. The molecule has 0 aliphatic rings. The second kappa shape index (κ2) is 7.03. The zero-order chi connectivity index (χ0) is 16.3. The van der Waals surface area contributed by atoms with Gasteiger partial charge in [0.15, 0.2) is 0 Å². The van der Waals surface area contributed by atoms with Gasteiger partial charge in [-0.2, -0.15) is 0 Å². The molecule has 0 bridgehead atoms. The molecule has 6 heteroatoms. The minimum Gasteiger partial charge on any atom is -0.349 e. The van der Waals surface area contributed by atoms with Gasteiger partial charge in [-0.15, -0.1) is 0 Å². The summed E-state index contributed by atoms with van der Waals surface area (Å²) in [6, 6.07) is 1.80. The minimum absolute atomic E-state index is 0.189. The van der Waals surface area contributed by atoms with E-state index in [-0.39, 0.29) is 5.91 Å². The summed E-state index contributed by atoms with van der Waals surface area (Å²) in [5.74, 6) is 0.102. The van der Waals surface area contributed by atoms with E-state index in [2.05, 4.69) is 29.1 Å². The number of halogens is 1. The predicted octanol–water partition coefficient (Wildman–Crippen LogP) is 2.70. The summed E-state index contributed by atoms with van der Waals surface area (Å²) < 4.78 is 0. The largest absolute Gasteiger partial charge is 0.349 e. The lowest BCUT2D eigenvalue weighted by Gasteiger charge is -2.14. The maximum Gasteiger partial charge on any atom is 0.270 e. The van der Waals surface area contributed by atoms with Crippen LogP contribution in [0.25, 0.3) is 10.8 Å². The molecular formula is C16H21ClN4O. The van der Waals surface area contributed by atoms with Gasteiger partial charge >= 0.3 is 0 Å². The zero-order valence-corrected chi connectivity index (χ0v) is 14.1. The highest BCUT2D eigenvalue weighted by molar-refractivity contribution is 6.30. The summed E-state index contributed by atoms with van der Waals surface area (Å²) in [7, 11) is 3.92. The fourth-order valence-corrected chi connectivity index (χ4v) is 2.41. The number of carbonyl (C=O) groups is 1. The molecule has 2 aromatic rings. The Labute approximate surface area is 135 Å². The third kappa shape index (κ3) is 3.72. The van der Waals surface area contributed by atoms with Gasteiger partial charge in [-0.05, 0) is 37.0 Å². The molecule has 2 heterocycles. The third-order valence-electron chi connectivity index (χ3n) is 3.45. The number of rotatable bonds is 5. The fraction of sp³-hybridized carbons (Fsp3) is 0.438. The molecular weight excluding hydrogens is 300 g/mol. The SMILES string of the molecule is CC(C)c1cnc(C(=O)NCCN(C)C)c2cnc(Cl)cc12. The molecule has 2 aromatic heterocycles. The van der Waals surface area contributed by atoms with Gasteiger partial charge in [0.2, 0.25) is 0 Å². The van der Waals surface area contributed by atoms with E-state index in [0.29, 0.717) is 23.3 Å². The highest BCUT2D eigenvalue weighted by Gasteiger charge is 2.16. The van der Waals surface area contributed by atoms with Crippen LogP contribution in [0.4, 0.5) is 0 Å². The van der Waals surface area contributed by atoms with Crippen molar-refractivity contribution in [3.63, 3.8) is 0 Å². The maximum atomic E-state index is 12.4. The summed E-state index contributed by atoms with van der Waals surface area (Å²) >= 11 is 6.01. The highest BCUT2D eigenvalue weighted by atomic mass is 35.5. The Morgan fingerprint density at radius 1 is 1.27 bits per heavy atom. The Morgan fingerprint density at radius 3 is 2.64 bits per heavy atom. The summed E-state index contributed by atoms with van der Waals surface area (Å²) in [5.41, 5.74) is 1.45. The minimum atomic E-state index is -0.189. The van der Waals surface area contributed by atoms with Gasteiger partial charge < -0.3 is 10.2 Å². The number of amides is 1. The first kappa shape index (κ1) is 16.6. The summed E-state index contributed by atoms with van der Waals surface area (Å²) in [6.45, 7) is 5.52. The van der Waals surface area contributed by atoms with Crippen LogP contribution in [0.3, 0.4) is 0 Å². The van der Waals surface area contributed by atoms with E-state index in [1.54, 1.807) is 18.5 Å². The molecule has 0 aromatic carbocycles. The zero-order valence-electron chi connectivity index (χ0n) is 13.4. The molecule has 1 N–H and O–H groups in total. The second-order valence-electron chi connectivity index (χ2n) is 5.83. The van der Waals surface area contributed by atoms with E-state index < -0.39 is 0 Å². The topological polar surface area (TPSA) is 58.1 Å². The van der Waals surface area contributed by atoms with Crippen LogP contribution in [0.5, 0.6) is 0 Å². The number of carbonyl (C=O) groups excluding carboxylic acids is 1. The molecule has 0 saturated carbocycles. The van der Waals surface area contributed by atoms with Crippen molar-refractivity contribution in [2.24, 2.45) is 0 Å². The van der Waals surface area contributed by atoms with Crippen molar-refractivity contribution in [1.82, 2.24) is 20.2 Å². The molecule has 0 aliphatic heterocycles. The van der Waals surface area contributed by atoms with E-state index in [1.165, 1.54) is 0 Å². The average molecular weight is 321 g/mol. The number of likely N-dealkylation sites (N-methyl/N-ethyl adjacent to an activating group) is 1. The van der Waals surface area contributed by atoms with Gasteiger partial charge in [0.25, 0.3) is 5.91 Å². The molecule has 0 atom stereocenters. The Bertz CT molecular complexity index is 685. The van der Waals surface area contributed by atoms with E-state index in [0.717, 1.165) is 22.9 Å². The molecule has 0 saturated heterocycles. The van der Waals surface area contributed by atoms with E-state index in [1.807, 2.05) is 19.0 Å². The Balaban J connectivity index is 2.39. The van der Waals surface area contributed by atoms with Crippen LogP contribution < -0.4 is 5.32 Å². The number of nitrogens with zero attached hydrogens (tertiary/aromatic N) is 3. The lowest BCUT2D eigenvalue weighted by molar-refractivity contribution is 0.0948. The van der Waals surface area contributed by atoms with Crippen LogP contribution in [0, 0.1) is 0 Å². The lowest BCUT2D eigenvalue weighted by Crippen LogP contribution is -2.32. The molecule has 22 heavy (non-hydrogen) atoms. The molecule has 118 valence electrons. The summed E-state index contributed by atoms with van der Waals surface area (Å²) in [4.78, 5) is 22.8. The van der Waals surface area contributed by atoms with Gasteiger partial charge in [-0.3, -0.25) is 9.78 Å². The number of fused-ring (bicyclic) bond motifs is 1. The van der Waals surface area contributed by atoms with E-state index >= 15 is 0 Å². The first-order valence-electron chi connectivity index (χ1n) is 7.27. The smallest absolute Gasteiger partial charge is 0.270 e. The fourth-order valence-electron chi connectivity index (χ4n) is 2.25. The van der Waals surface area contributed by atoms with Gasteiger partial charge in [0.05, 0.1) is 0 Å². The van der Waals surface area contributed by atoms with Gasteiger partial charge in [0.1, 0.15) is 10.8 Å². The van der Waals surface area contributed by atoms with Crippen molar-refractivity contribution in [2.75, 3.05) is 27.2 Å². The maximum absolute atomic E-state index is 12.4. The van der Waals surface area contributed by atoms with Gasteiger partial charge in [-0.25, -0.2) is 4.98 Å². The molecule has 0 unspecified atom stereocenters. The Hall–Kier alpha value is -1.72. The van der Waals surface area contributed by atoms with Crippen LogP contribution in [-0.2, 0) is 0 Å². The average Bonchev–Trinajstić information content (AvgIpc) is 2.45. The van der Waals surface area contributed by atoms with Crippen molar-refractivity contribution in [3.05, 3.63) is 34.9 Å². The molecule has 5 nitrogen and oxygen atoms in total. The highest BCUT2D eigenvalue weighted by Crippen LogP contribution is 2.27. The van der Waals surface area contributed by atoms with Crippen LogP contribution >= 0.6 is 11.6 Å². The first-order valence-corrected chi connectivity index (χ1v) is 7.65. The Morgan fingerprint density at radius 2 is 2.00 bits per heavy atom. The van der Waals surface area contributed by atoms with Crippen molar-refractivity contribution in [2.45, 2.75) is 19.8 Å². The second-order valence-corrected chi connectivity index (χ2v) is 6.22. The first-order chi connectivity index (χ1) is 10.4. The monoisotopic (exact) mass is 320 g/mol. The molecule has 0 fully saturated rings. The standard InChI is InChI=1S/C16H21ClN4O/c1-10(2)12-8-20-15(16(22)18-5-6-21(3)4)13-9-19-14(17)7-11(12)13/h7-10H,5-6H2,1-4H3,(H,18,22). The van der Waals surface area contributed by atoms with Crippen molar-refractivity contribution in [1.29, 1.82) is 0 Å². The number of nitrogens with one attached hydrogen (secondary N) is 1. The van der Waals surface area contributed by atoms with E-state index in [4.69, 9.17) is 11.6 Å². The summed E-state index contributed by atoms with van der Waals surface area (Å²) in [6.07, 6.45) is 3.38. The van der Waals surface area contributed by atoms with Crippen LogP contribution in [0.2, 0.25) is 5.15 Å². The lowest BCUT2D eigenvalue weighted by atomic mass is 9.98. The molecule has 1 amide bonds. The quantitative estimate of drug-likeness (QED) is 0.861. The normalized spacial score (nSPS) is 11.4. The van der Waals surface area contributed by atoms with Crippen molar-refractivity contribution in [3.8, 4) is 0 Å². The number of hydrogen-bond acceptors (Lipinski definition) is 4. The van der Waals surface area contributed by atoms with Crippen LogP contribution in [0.1, 0.15) is 35.8 Å². The Kier molecular flexibility index (Phi) is 5.32. The van der Waals surface area contributed by atoms with Crippen molar-refractivity contribution < 1.29 is 4.79 Å². The number of aromatic nitrogens is 2. The number of hydrogen-bond donors (Lipinski definition) is 1. The molecule has 0 spiro atoms. The van der Waals surface area contributed by atoms with E-state index in [9.17, 15) is 4.79 Å². The van der Waals surface area contributed by atoms with Crippen LogP contribution in [-0.4, -0.2) is 48.0 Å². The van der Waals surface area contributed by atoms with Gasteiger partial charge in [-0.1, -0.05) is 25.4 Å². The molecule has 0 radical (unpaired) electrons. The van der Waals surface area contributed by atoms with Gasteiger partial charge in [0, 0.05) is 30.9 Å². The van der Waals surface area contributed by atoms with Crippen LogP contribution in [0.15, 0.2) is 18.5 Å².